The molecule has 0 spiro atoms. The van der Waals surface area contributed by atoms with Crippen LogP contribution in [0.1, 0.15) is 36.7 Å². The molecular weight excluding hydrogens is 685 g/mol. The van der Waals surface area contributed by atoms with E-state index in [2.05, 4.69) is 57.9 Å². The molecule has 0 aliphatic rings. The Morgan fingerprint density at radius 3 is 2.34 bits per heavy atom. The van der Waals surface area contributed by atoms with Crippen LogP contribution in [-0.4, -0.2) is 15.9 Å². The maximum atomic E-state index is 13.2. The minimum Gasteiger partial charge on any atom is -0.486 e. The largest absolute Gasteiger partial charge is 0.486 e. The van der Waals surface area contributed by atoms with Crippen LogP contribution >= 0.6 is 71.0 Å². The van der Waals surface area contributed by atoms with Gasteiger partial charge >= 0.3 is 0 Å². The van der Waals surface area contributed by atoms with Gasteiger partial charge in [-0.3, -0.25) is 4.79 Å². The molecule has 0 amide bonds. The molecule has 0 unspecified atom stereocenters. The number of hydrogen-bond donors (Lipinski definition) is 0. The highest BCUT2D eigenvalue weighted by atomic mass is 79.9. The molecule has 0 saturated heterocycles. The summed E-state index contributed by atoms with van der Waals surface area (Å²) in [6.07, 6.45) is 1.53. The summed E-state index contributed by atoms with van der Waals surface area (Å²) in [6.45, 7) is 4.20. The first-order valence-corrected chi connectivity index (χ1v) is 13.6. The molecule has 1 aromatic heterocycles. The molecule has 0 N–H and O–H groups in total. The quantitative estimate of drug-likeness (QED) is 0.189. The number of nitrogens with zero attached hydrogens (tertiary/aromatic N) is 3. The van der Waals surface area contributed by atoms with Gasteiger partial charge in [0, 0.05) is 24.9 Å². The molecule has 3 aromatic carbocycles. The van der Waals surface area contributed by atoms with Gasteiger partial charge in [-0.1, -0.05) is 90.9 Å². The topological polar surface area (TPSA) is 56.5 Å². The van der Waals surface area contributed by atoms with Gasteiger partial charge in [-0.05, 0) is 48.0 Å². The second-order valence-electron chi connectivity index (χ2n) is 7.99. The molecule has 10 heteroatoms. The number of halogens is 5. The van der Waals surface area contributed by atoms with E-state index in [4.69, 9.17) is 27.9 Å². The molecule has 0 aliphatic carbocycles. The lowest BCUT2D eigenvalue weighted by atomic mass is 10.2. The van der Waals surface area contributed by atoms with Gasteiger partial charge in [-0.2, -0.15) is 9.78 Å². The Hall–Kier alpha value is -1.71. The van der Waals surface area contributed by atoms with Crippen LogP contribution in [0, 0.1) is 0 Å². The fraction of sp³-hybridized carbons (Fsp3) is 0.160. The van der Waals surface area contributed by atoms with E-state index in [9.17, 15) is 4.79 Å². The third-order valence-electron chi connectivity index (χ3n) is 5.08. The van der Waals surface area contributed by atoms with Gasteiger partial charge in [-0.25, -0.2) is 4.98 Å². The van der Waals surface area contributed by atoms with Crippen LogP contribution in [0.3, 0.4) is 0 Å². The van der Waals surface area contributed by atoms with Crippen molar-refractivity contribution in [1.29, 1.82) is 0 Å². The van der Waals surface area contributed by atoms with Crippen molar-refractivity contribution in [3.05, 3.63) is 99.3 Å². The predicted molar refractivity (Wildman–Crippen MR) is 153 cm³/mol. The summed E-state index contributed by atoms with van der Waals surface area (Å²) in [4.78, 5) is 17.8. The Morgan fingerprint density at radius 1 is 1.03 bits per heavy atom. The van der Waals surface area contributed by atoms with Gasteiger partial charge < -0.3 is 4.74 Å². The highest BCUT2D eigenvalue weighted by Gasteiger charge is 2.15. The van der Waals surface area contributed by atoms with Crippen LogP contribution in [0.2, 0.25) is 10.0 Å². The molecule has 180 valence electrons. The summed E-state index contributed by atoms with van der Waals surface area (Å²) in [5, 5.41) is 5.58. The van der Waals surface area contributed by atoms with E-state index < -0.39 is 0 Å². The van der Waals surface area contributed by atoms with Gasteiger partial charge in [0.1, 0.15) is 12.4 Å². The van der Waals surface area contributed by atoms with Gasteiger partial charge in [0.15, 0.2) is 5.75 Å². The molecule has 0 radical (unpaired) electrons. The van der Waals surface area contributed by atoms with Crippen molar-refractivity contribution < 1.29 is 4.74 Å². The van der Waals surface area contributed by atoms with E-state index in [1.807, 2.05) is 44.2 Å². The molecule has 0 atom stereocenters. The fourth-order valence-electron chi connectivity index (χ4n) is 3.36. The number of rotatable bonds is 6. The lowest BCUT2D eigenvalue weighted by Gasteiger charge is -2.13. The lowest BCUT2D eigenvalue weighted by Crippen LogP contribution is -2.23. The normalized spacial score (nSPS) is 11.7. The van der Waals surface area contributed by atoms with Crippen molar-refractivity contribution in [2.75, 3.05) is 0 Å². The van der Waals surface area contributed by atoms with E-state index in [1.165, 1.54) is 10.9 Å². The van der Waals surface area contributed by atoms with Crippen LogP contribution in [0.15, 0.2) is 71.8 Å². The number of fused-ring (bicyclic) bond motifs is 1. The number of benzene rings is 3. The minimum absolute atomic E-state index is 0.0196. The van der Waals surface area contributed by atoms with Gasteiger partial charge in [0.25, 0.3) is 5.56 Å². The number of hydrogen-bond acceptors (Lipinski definition) is 4. The maximum absolute atomic E-state index is 13.2. The zero-order valence-electron chi connectivity index (χ0n) is 18.5. The molecule has 1 heterocycles. The summed E-state index contributed by atoms with van der Waals surface area (Å²) in [6, 6.07) is 14.6. The summed E-state index contributed by atoms with van der Waals surface area (Å²) < 4.78 is 9.87. The molecule has 4 rings (SSSR count). The summed E-state index contributed by atoms with van der Waals surface area (Å²) in [5.41, 5.74) is 1.93. The van der Waals surface area contributed by atoms with Gasteiger partial charge in [-0.15, -0.1) is 0 Å². The predicted octanol–water partition coefficient (Wildman–Crippen LogP) is 8.58. The minimum atomic E-state index is -0.256. The van der Waals surface area contributed by atoms with Crippen LogP contribution in [0.25, 0.3) is 10.9 Å². The zero-order chi connectivity index (χ0) is 25.3. The average molecular weight is 703 g/mol. The molecular formula is C25H18Br3Cl2N3O2. The van der Waals surface area contributed by atoms with E-state index in [0.717, 1.165) is 19.0 Å². The Labute approximate surface area is 237 Å². The summed E-state index contributed by atoms with van der Waals surface area (Å²) in [7, 11) is 0. The van der Waals surface area contributed by atoms with Crippen LogP contribution < -0.4 is 10.3 Å². The highest BCUT2D eigenvalue weighted by Crippen LogP contribution is 2.35. The molecule has 5 nitrogen and oxygen atoms in total. The molecule has 35 heavy (non-hydrogen) atoms. The Bertz CT molecular complexity index is 1500. The molecule has 0 aliphatic heterocycles. The number of ether oxygens (including phenoxy) is 1. The Morgan fingerprint density at radius 2 is 1.69 bits per heavy atom. The maximum Gasteiger partial charge on any atom is 0.282 e. The first-order chi connectivity index (χ1) is 16.6. The van der Waals surface area contributed by atoms with Crippen molar-refractivity contribution in [3.8, 4) is 5.75 Å². The first kappa shape index (κ1) is 26.4. The molecule has 0 bridgehead atoms. The monoisotopic (exact) mass is 699 g/mol. The smallest absolute Gasteiger partial charge is 0.282 e. The molecule has 0 saturated carbocycles. The van der Waals surface area contributed by atoms with E-state index in [1.54, 1.807) is 18.2 Å². The summed E-state index contributed by atoms with van der Waals surface area (Å²) in [5.74, 6) is 0.907. The molecule has 4 aromatic rings. The van der Waals surface area contributed by atoms with Crippen LogP contribution in [-0.2, 0) is 6.61 Å². The fourth-order valence-corrected chi connectivity index (χ4v) is 5.49. The van der Waals surface area contributed by atoms with Crippen molar-refractivity contribution in [2.45, 2.75) is 26.4 Å². The Kier molecular flexibility index (Phi) is 8.38. The van der Waals surface area contributed by atoms with Crippen LogP contribution in [0.4, 0.5) is 0 Å². The van der Waals surface area contributed by atoms with Crippen molar-refractivity contribution in [2.24, 2.45) is 5.10 Å². The van der Waals surface area contributed by atoms with Crippen molar-refractivity contribution in [3.63, 3.8) is 0 Å². The SMILES string of the molecule is CC(C)c1nc2ccc(Br)cc2c(=O)n1N=Cc1cc(Cl)c(OCc2ccc(Br)cc2Br)c(Cl)c1. The van der Waals surface area contributed by atoms with Crippen LogP contribution in [0.5, 0.6) is 5.75 Å². The standard InChI is InChI=1S/C25H18Br3Cl2N3O2/c1-13(2)24-32-22-6-5-16(26)9-18(22)25(34)33(24)31-11-14-7-20(29)23(21(30)8-14)35-12-15-3-4-17(27)10-19(15)28/h3-11,13H,12H2,1-2H3. The Balaban J connectivity index is 1.65. The lowest BCUT2D eigenvalue weighted by molar-refractivity contribution is 0.306. The molecule has 0 fully saturated rings. The van der Waals surface area contributed by atoms with Crippen molar-refractivity contribution >= 4 is 88.1 Å². The number of aromatic nitrogens is 2. The first-order valence-electron chi connectivity index (χ1n) is 10.5. The summed E-state index contributed by atoms with van der Waals surface area (Å²) >= 11 is 23.3. The van der Waals surface area contributed by atoms with E-state index in [0.29, 0.717) is 38.1 Å². The second-order valence-corrected chi connectivity index (χ2v) is 11.5. The van der Waals surface area contributed by atoms with E-state index >= 15 is 0 Å². The van der Waals surface area contributed by atoms with Gasteiger partial charge in [0.2, 0.25) is 0 Å². The highest BCUT2D eigenvalue weighted by molar-refractivity contribution is 9.11. The third kappa shape index (κ3) is 6.00. The zero-order valence-corrected chi connectivity index (χ0v) is 24.8. The van der Waals surface area contributed by atoms with Gasteiger partial charge in [0.05, 0.1) is 27.2 Å². The van der Waals surface area contributed by atoms with Crippen molar-refractivity contribution in [1.82, 2.24) is 9.66 Å². The second kappa shape index (κ2) is 11.1. The van der Waals surface area contributed by atoms with E-state index in [-0.39, 0.29) is 18.1 Å². The average Bonchev–Trinajstić information content (AvgIpc) is 2.79. The third-order valence-corrected chi connectivity index (χ3v) is 7.37.